The molecule has 0 saturated carbocycles. The number of halogens is 1. The van der Waals surface area contributed by atoms with Crippen LogP contribution in [-0.4, -0.2) is 35.4 Å². The Hall–Kier alpha value is -1.21. The number of aromatic nitrogens is 1. The topological polar surface area (TPSA) is 59.2 Å². The van der Waals surface area contributed by atoms with Gasteiger partial charge in [0.25, 0.3) is 5.91 Å². The number of benzene rings is 1. The highest BCUT2D eigenvalue weighted by Crippen LogP contribution is 2.20. The molecule has 2 aromatic rings. The van der Waals surface area contributed by atoms with Crippen LogP contribution in [0, 0.1) is 3.57 Å². The summed E-state index contributed by atoms with van der Waals surface area (Å²) in [6, 6.07) is 8.04. The van der Waals surface area contributed by atoms with E-state index in [0.29, 0.717) is 5.69 Å². The van der Waals surface area contributed by atoms with E-state index in [4.69, 9.17) is 5.73 Å². The zero-order valence-electron chi connectivity index (χ0n) is 12.4. The molecular weight excluding hydrogens is 377 g/mol. The monoisotopic (exact) mass is 397 g/mol. The molecule has 0 atom stereocenters. The average Bonchev–Trinajstić information content (AvgIpc) is 2.47. The van der Waals surface area contributed by atoms with Gasteiger partial charge in [0, 0.05) is 15.5 Å². The molecule has 0 fully saturated rings. The lowest BCUT2D eigenvalue weighted by Crippen LogP contribution is -2.26. The summed E-state index contributed by atoms with van der Waals surface area (Å²) in [5.74, 6) is -0.454. The Morgan fingerprint density at radius 2 is 2.00 bits per heavy atom. The number of hydrogen-bond donors (Lipinski definition) is 1. The van der Waals surface area contributed by atoms with E-state index in [9.17, 15) is 4.79 Å². The number of primary amides is 1. The molecule has 4 nitrogen and oxygen atoms in total. The van der Waals surface area contributed by atoms with Crippen LogP contribution < -0.4 is 5.73 Å². The summed E-state index contributed by atoms with van der Waals surface area (Å²) in [5, 5.41) is 1.06. The lowest BCUT2D eigenvalue weighted by atomic mass is 10.1. The normalized spacial score (nSPS) is 11.2. The van der Waals surface area contributed by atoms with Crippen molar-refractivity contribution in [1.29, 1.82) is 0 Å². The van der Waals surface area contributed by atoms with Crippen molar-refractivity contribution in [2.24, 2.45) is 5.73 Å². The maximum atomic E-state index is 11.7. The van der Waals surface area contributed by atoms with Crippen LogP contribution in [0.3, 0.4) is 0 Å². The van der Waals surface area contributed by atoms with Gasteiger partial charge in [0.05, 0.1) is 5.52 Å². The molecule has 2 N–H and O–H groups in total. The number of nitrogens with two attached hydrogens (primary N) is 1. The Bertz CT molecular complexity index is 653. The highest BCUT2D eigenvalue weighted by atomic mass is 127. The molecule has 0 aliphatic carbocycles. The van der Waals surface area contributed by atoms with Crippen LogP contribution in [0.2, 0.25) is 0 Å². The standard InChI is InChI=1S/C16H20IN3O/c1-3-20(4-2)8-7-11-9-12-10-13(17)5-6-14(12)19-15(11)16(18)21/h5-6,9-10H,3-4,7-8H2,1-2H3,(H2,18,21). The molecule has 0 saturated heterocycles. The third kappa shape index (κ3) is 3.91. The van der Waals surface area contributed by atoms with Gasteiger partial charge in [-0.25, -0.2) is 4.98 Å². The highest BCUT2D eigenvalue weighted by Gasteiger charge is 2.13. The van der Waals surface area contributed by atoms with Crippen molar-refractivity contribution >= 4 is 39.4 Å². The fourth-order valence-corrected chi connectivity index (χ4v) is 2.93. The summed E-state index contributed by atoms with van der Waals surface area (Å²) in [5.41, 5.74) is 7.64. The van der Waals surface area contributed by atoms with E-state index in [1.54, 1.807) is 0 Å². The first-order chi connectivity index (χ1) is 10.0. The number of carbonyl (C=O) groups excluding carboxylic acids is 1. The van der Waals surface area contributed by atoms with Crippen molar-refractivity contribution in [3.63, 3.8) is 0 Å². The van der Waals surface area contributed by atoms with E-state index in [-0.39, 0.29) is 0 Å². The fourth-order valence-electron chi connectivity index (χ4n) is 2.41. The number of carbonyl (C=O) groups is 1. The van der Waals surface area contributed by atoms with Crippen LogP contribution in [0.4, 0.5) is 0 Å². The lowest BCUT2D eigenvalue weighted by molar-refractivity contribution is 0.0995. The highest BCUT2D eigenvalue weighted by molar-refractivity contribution is 14.1. The van der Waals surface area contributed by atoms with E-state index in [1.165, 1.54) is 0 Å². The summed E-state index contributed by atoms with van der Waals surface area (Å²) in [7, 11) is 0. The molecule has 2 rings (SSSR count). The van der Waals surface area contributed by atoms with E-state index >= 15 is 0 Å². The maximum Gasteiger partial charge on any atom is 0.267 e. The quantitative estimate of drug-likeness (QED) is 0.763. The third-order valence-electron chi connectivity index (χ3n) is 3.68. The Kier molecular flexibility index (Phi) is 5.52. The summed E-state index contributed by atoms with van der Waals surface area (Å²) in [4.78, 5) is 18.4. The summed E-state index contributed by atoms with van der Waals surface area (Å²) >= 11 is 2.28. The molecule has 0 aliphatic rings. The minimum Gasteiger partial charge on any atom is -0.364 e. The van der Waals surface area contributed by atoms with Gasteiger partial charge in [-0.2, -0.15) is 0 Å². The van der Waals surface area contributed by atoms with Gasteiger partial charge >= 0.3 is 0 Å². The molecule has 0 aliphatic heterocycles. The summed E-state index contributed by atoms with van der Waals surface area (Å²) in [6.07, 6.45) is 0.786. The zero-order chi connectivity index (χ0) is 15.4. The Labute approximate surface area is 138 Å². The Balaban J connectivity index is 2.39. The van der Waals surface area contributed by atoms with Crippen molar-refractivity contribution in [2.45, 2.75) is 20.3 Å². The average molecular weight is 397 g/mol. The lowest BCUT2D eigenvalue weighted by Gasteiger charge is -2.18. The van der Waals surface area contributed by atoms with Gasteiger partial charge in [-0.1, -0.05) is 13.8 Å². The number of amides is 1. The van der Waals surface area contributed by atoms with Crippen LogP contribution in [0.15, 0.2) is 24.3 Å². The van der Waals surface area contributed by atoms with Gasteiger partial charge in [-0.05, 0) is 71.9 Å². The minimum atomic E-state index is -0.454. The van der Waals surface area contributed by atoms with Gasteiger partial charge < -0.3 is 10.6 Å². The first-order valence-corrected chi connectivity index (χ1v) is 8.24. The van der Waals surface area contributed by atoms with Gasteiger partial charge in [0.15, 0.2) is 0 Å². The summed E-state index contributed by atoms with van der Waals surface area (Å²) in [6.45, 7) is 7.19. The molecule has 1 aromatic carbocycles. The van der Waals surface area contributed by atoms with Crippen molar-refractivity contribution < 1.29 is 4.79 Å². The summed E-state index contributed by atoms with van der Waals surface area (Å²) < 4.78 is 1.16. The number of hydrogen-bond acceptors (Lipinski definition) is 3. The van der Waals surface area contributed by atoms with E-state index in [2.05, 4.69) is 52.4 Å². The first kappa shape index (κ1) is 16.2. The predicted octanol–water partition coefficient (Wildman–Crippen LogP) is 2.82. The number of fused-ring (bicyclic) bond motifs is 1. The van der Waals surface area contributed by atoms with Crippen molar-refractivity contribution in [1.82, 2.24) is 9.88 Å². The Morgan fingerprint density at radius 3 is 2.62 bits per heavy atom. The molecule has 112 valence electrons. The molecular formula is C16H20IN3O. The smallest absolute Gasteiger partial charge is 0.267 e. The molecule has 5 heteroatoms. The molecule has 1 amide bonds. The van der Waals surface area contributed by atoms with E-state index in [0.717, 1.165) is 46.1 Å². The van der Waals surface area contributed by atoms with Crippen LogP contribution in [0.1, 0.15) is 29.9 Å². The van der Waals surface area contributed by atoms with Gasteiger partial charge in [-0.15, -0.1) is 0 Å². The minimum absolute atomic E-state index is 0.399. The largest absolute Gasteiger partial charge is 0.364 e. The van der Waals surface area contributed by atoms with E-state index < -0.39 is 5.91 Å². The maximum absolute atomic E-state index is 11.7. The van der Waals surface area contributed by atoms with Gasteiger partial charge in [0.1, 0.15) is 5.69 Å². The van der Waals surface area contributed by atoms with E-state index in [1.807, 2.05) is 18.2 Å². The number of likely N-dealkylation sites (N-methyl/N-ethyl adjacent to an activating group) is 1. The number of nitrogens with zero attached hydrogens (tertiary/aromatic N) is 2. The second-order valence-electron chi connectivity index (χ2n) is 4.97. The van der Waals surface area contributed by atoms with Crippen LogP contribution in [0.25, 0.3) is 10.9 Å². The van der Waals surface area contributed by atoms with Gasteiger partial charge in [0.2, 0.25) is 0 Å². The molecule has 1 aromatic heterocycles. The molecule has 0 bridgehead atoms. The van der Waals surface area contributed by atoms with Gasteiger partial charge in [-0.3, -0.25) is 4.79 Å². The molecule has 0 spiro atoms. The molecule has 0 radical (unpaired) electrons. The van der Waals surface area contributed by atoms with Crippen molar-refractivity contribution in [3.05, 3.63) is 39.1 Å². The van der Waals surface area contributed by atoms with Crippen molar-refractivity contribution in [3.8, 4) is 0 Å². The van der Waals surface area contributed by atoms with Crippen molar-refractivity contribution in [2.75, 3.05) is 19.6 Å². The Morgan fingerprint density at radius 1 is 1.29 bits per heavy atom. The zero-order valence-corrected chi connectivity index (χ0v) is 14.6. The molecule has 0 unspecified atom stereocenters. The second kappa shape index (κ2) is 7.17. The number of rotatable bonds is 6. The van der Waals surface area contributed by atoms with Crippen LogP contribution in [-0.2, 0) is 6.42 Å². The van der Waals surface area contributed by atoms with Crippen LogP contribution in [0.5, 0.6) is 0 Å². The second-order valence-corrected chi connectivity index (χ2v) is 6.22. The molecule has 21 heavy (non-hydrogen) atoms. The molecule has 1 heterocycles. The fraction of sp³-hybridized carbons (Fsp3) is 0.375. The van der Waals surface area contributed by atoms with Crippen LogP contribution >= 0.6 is 22.6 Å². The predicted molar refractivity (Wildman–Crippen MR) is 94.5 cm³/mol. The SMILES string of the molecule is CCN(CC)CCc1cc2cc(I)ccc2nc1C(N)=O. The first-order valence-electron chi connectivity index (χ1n) is 7.16. The number of pyridine rings is 1. The third-order valence-corrected chi connectivity index (χ3v) is 4.35.